The predicted octanol–water partition coefficient (Wildman–Crippen LogP) is 5.01. The molecule has 1 aliphatic heterocycles. The second-order valence-corrected chi connectivity index (χ2v) is 6.81. The van der Waals surface area contributed by atoms with Gasteiger partial charge in [-0.1, -0.05) is 72.8 Å². The van der Waals surface area contributed by atoms with E-state index in [1.807, 2.05) is 30.3 Å². The summed E-state index contributed by atoms with van der Waals surface area (Å²) in [6.45, 7) is 0. The summed E-state index contributed by atoms with van der Waals surface area (Å²) in [5.41, 5.74) is 1.23. The van der Waals surface area contributed by atoms with E-state index >= 15 is 0 Å². The fourth-order valence-corrected chi connectivity index (χ4v) is 3.53. The number of hydrogen-bond acceptors (Lipinski definition) is 3. The number of ketones is 1. The van der Waals surface area contributed by atoms with Crippen LogP contribution in [0.25, 0.3) is 6.08 Å². The summed E-state index contributed by atoms with van der Waals surface area (Å²) in [5, 5.41) is 10.6. The van der Waals surface area contributed by atoms with Crippen molar-refractivity contribution in [3.63, 3.8) is 0 Å². The zero-order valence-electron chi connectivity index (χ0n) is 15.9. The molecule has 0 spiro atoms. The second kappa shape index (κ2) is 8.17. The van der Waals surface area contributed by atoms with Crippen molar-refractivity contribution in [2.45, 2.75) is 6.04 Å². The SMILES string of the molecule is O=C(/C=C/c1ccccc1)C1=C(O)C(=O)N(c2ccccc2)C1c1ccccc1F. The first kappa shape index (κ1) is 19.3. The van der Waals surface area contributed by atoms with Crippen LogP contribution in [0.15, 0.2) is 102 Å². The molecular weight excluding hydrogens is 381 g/mol. The minimum atomic E-state index is -1.07. The van der Waals surface area contributed by atoms with E-state index in [4.69, 9.17) is 0 Å². The number of para-hydroxylation sites is 1. The minimum absolute atomic E-state index is 0.134. The standard InChI is InChI=1S/C25H18FNO3/c26-20-14-8-7-13-19(20)23-22(21(28)16-15-17-9-3-1-4-10-17)24(29)25(30)27(23)18-11-5-2-6-12-18/h1-16,23,29H/b16-15+. The van der Waals surface area contributed by atoms with E-state index in [2.05, 4.69) is 0 Å². The highest BCUT2D eigenvalue weighted by Crippen LogP contribution is 2.41. The summed E-state index contributed by atoms with van der Waals surface area (Å²) in [5.74, 6) is -2.54. The van der Waals surface area contributed by atoms with Crippen LogP contribution in [0.4, 0.5) is 10.1 Å². The van der Waals surface area contributed by atoms with Crippen molar-refractivity contribution in [2.75, 3.05) is 4.90 Å². The summed E-state index contributed by atoms with van der Waals surface area (Å²) in [6.07, 6.45) is 2.88. The molecule has 4 rings (SSSR count). The Kier molecular flexibility index (Phi) is 5.26. The molecule has 148 valence electrons. The molecule has 1 aliphatic rings. The van der Waals surface area contributed by atoms with Gasteiger partial charge in [-0.2, -0.15) is 0 Å². The molecule has 0 fully saturated rings. The molecule has 0 saturated heterocycles. The molecule has 0 bridgehead atoms. The van der Waals surface area contributed by atoms with Gasteiger partial charge in [0.25, 0.3) is 5.91 Å². The zero-order valence-corrected chi connectivity index (χ0v) is 15.9. The number of nitrogens with zero attached hydrogens (tertiary/aromatic N) is 1. The first-order chi connectivity index (χ1) is 14.6. The fourth-order valence-electron chi connectivity index (χ4n) is 3.53. The Balaban J connectivity index is 1.81. The number of anilines is 1. The number of aliphatic hydroxyl groups is 1. The van der Waals surface area contributed by atoms with Crippen LogP contribution >= 0.6 is 0 Å². The van der Waals surface area contributed by atoms with Crippen molar-refractivity contribution in [1.82, 2.24) is 0 Å². The molecule has 3 aromatic carbocycles. The number of amides is 1. The van der Waals surface area contributed by atoms with E-state index in [0.717, 1.165) is 5.56 Å². The van der Waals surface area contributed by atoms with Gasteiger partial charge in [0.05, 0.1) is 11.6 Å². The average Bonchev–Trinajstić information content (AvgIpc) is 3.04. The van der Waals surface area contributed by atoms with E-state index < -0.39 is 29.3 Å². The van der Waals surface area contributed by atoms with Gasteiger partial charge in [0, 0.05) is 11.3 Å². The summed E-state index contributed by atoms with van der Waals surface area (Å²) < 4.78 is 14.7. The van der Waals surface area contributed by atoms with Gasteiger partial charge in [-0.15, -0.1) is 0 Å². The molecule has 0 aromatic heterocycles. The van der Waals surface area contributed by atoms with Gasteiger partial charge in [-0.25, -0.2) is 4.39 Å². The van der Waals surface area contributed by atoms with Gasteiger partial charge in [-0.05, 0) is 29.8 Å². The minimum Gasteiger partial charge on any atom is -0.503 e. The fraction of sp³-hybridized carbons (Fsp3) is 0.0400. The monoisotopic (exact) mass is 399 g/mol. The Bertz CT molecular complexity index is 1150. The van der Waals surface area contributed by atoms with Gasteiger partial charge in [0.2, 0.25) is 0 Å². The van der Waals surface area contributed by atoms with Gasteiger partial charge in [0.1, 0.15) is 5.82 Å². The average molecular weight is 399 g/mol. The molecule has 1 N–H and O–H groups in total. The van der Waals surface area contributed by atoms with E-state index in [1.165, 1.54) is 29.2 Å². The Morgan fingerprint density at radius 1 is 0.900 bits per heavy atom. The number of aliphatic hydroxyl groups excluding tert-OH is 1. The van der Waals surface area contributed by atoms with Crippen molar-refractivity contribution in [3.8, 4) is 0 Å². The van der Waals surface area contributed by atoms with Gasteiger partial charge < -0.3 is 5.11 Å². The Hall–Kier alpha value is -3.99. The maximum absolute atomic E-state index is 14.7. The van der Waals surface area contributed by atoms with E-state index in [9.17, 15) is 19.1 Å². The molecule has 3 aromatic rings. The number of hydrogen-bond donors (Lipinski definition) is 1. The largest absolute Gasteiger partial charge is 0.503 e. The molecule has 0 aliphatic carbocycles. The predicted molar refractivity (Wildman–Crippen MR) is 113 cm³/mol. The number of halogens is 1. The van der Waals surface area contributed by atoms with Crippen LogP contribution in [0.2, 0.25) is 0 Å². The van der Waals surface area contributed by atoms with Crippen molar-refractivity contribution in [1.29, 1.82) is 0 Å². The summed E-state index contributed by atoms with van der Waals surface area (Å²) in [6, 6.07) is 22.6. The molecule has 1 unspecified atom stereocenters. The normalized spacial score (nSPS) is 16.5. The molecule has 1 heterocycles. The lowest BCUT2D eigenvalue weighted by Crippen LogP contribution is -2.31. The third kappa shape index (κ3) is 3.53. The summed E-state index contributed by atoms with van der Waals surface area (Å²) in [4.78, 5) is 27.2. The number of rotatable bonds is 5. The highest BCUT2D eigenvalue weighted by molar-refractivity contribution is 6.19. The van der Waals surface area contributed by atoms with Crippen LogP contribution in [0.5, 0.6) is 0 Å². The molecular formula is C25H18FNO3. The van der Waals surface area contributed by atoms with Crippen molar-refractivity contribution < 1.29 is 19.1 Å². The quantitative estimate of drug-likeness (QED) is 0.614. The third-order valence-corrected chi connectivity index (χ3v) is 4.93. The first-order valence-corrected chi connectivity index (χ1v) is 9.41. The maximum Gasteiger partial charge on any atom is 0.294 e. The number of carbonyl (C=O) groups is 2. The maximum atomic E-state index is 14.7. The van der Waals surface area contributed by atoms with E-state index in [0.29, 0.717) is 5.69 Å². The Morgan fingerprint density at radius 3 is 2.17 bits per heavy atom. The molecule has 0 saturated carbocycles. The Labute approximate surface area is 173 Å². The van der Waals surface area contributed by atoms with Gasteiger partial charge >= 0.3 is 0 Å². The highest BCUT2D eigenvalue weighted by atomic mass is 19.1. The third-order valence-electron chi connectivity index (χ3n) is 4.93. The molecule has 30 heavy (non-hydrogen) atoms. The van der Waals surface area contributed by atoms with Crippen LogP contribution in [-0.2, 0) is 9.59 Å². The lowest BCUT2D eigenvalue weighted by Gasteiger charge is -2.26. The Morgan fingerprint density at radius 2 is 1.50 bits per heavy atom. The van der Waals surface area contributed by atoms with Crippen LogP contribution in [-0.4, -0.2) is 16.8 Å². The van der Waals surface area contributed by atoms with E-state index in [-0.39, 0.29) is 11.1 Å². The van der Waals surface area contributed by atoms with Crippen LogP contribution in [0.3, 0.4) is 0 Å². The first-order valence-electron chi connectivity index (χ1n) is 9.41. The van der Waals surface area contributed by atoms with Crippen molar-refractivity contribution >= 4 is 23.5 Å². The van der Waals surface area contributed by atoms with Crippen molar-refractivity contribution in [2.24, 2.45) is 0 Å². The topological polar surface area (TPSA) is 57.6 Å². The molecule has 1 atom stereocenters. The second-order valence-electron chi connectivity index (χ2n) is 6.81. The van der Waals surface area contributed by atoms with Gasteiger partial charge in [-0.3, -0.25) is 14.5 Å². The van der Waals surface area contributed by atoms with E-state index in [1.54, 1.807) is 42.5 Å². The summed E-state index contributed by atoms with van der Waals surface area (Å²) in [7, 11) is 0. The molecule has 1 amide bonds. The lowest BCUT2D eigenvalue weighted by molar-refractivity contribution is -0.117. The van der Waals surface area contributed by atoms with Crippen molar-refractivity contribution in [3.05, 3.63) is 119 Å². The number of carbonyl (C=O) groups excluding carboxylic acids is 2. The molecule has 5 heteroatoms. The smallest absolute Gasteiger partial charge is 0.294 e. The number of benzene rings is 3. The van der Waals surface area contributed by atoms with Crippen LogP contribution < -0.4 is 4.90 Å². The van der Waals surface area contributed by atoms with Gasteiger partial charge in [0.15, 0.2) is 11.5 Å². The number of allylic oxidation sites excluding steroid dienone is 1. The summed E-state index contributed by atoms with van der Waals surface area (Å²) >= 11 is 0. The molecule has 4 nitrogen and oxygen atoms in total. The van der Waals surface area contributed by atoms with Crippen LogP contribution in [0.1, 0.15) is 17.2 Å². The molecule has 0 radical (unpaired) electrons. The lowest BCUT2D eigenvalue weighted by atomic mass is 9.95. The van der Waals surface area contributed by atoms with Crippen LogP contribution in [0, 0.1) is 5.82 Å². The highest BCUT2D eigenvalue weighted by Gasteiger charge is 2.44. The zero-order chi connectivity index (χ0) is 21.1.